The van der Waals surface area contributed by atoms with Gasteiger partial charge in [0.15, 0.2) is 0 Å². The van der Waals surface area contributed by atoms with Crippen molar-refractivity contribution in [1.29, 1.82) is 0 Å². The molecule has 2 saturated heterocycles. The Bertz CT molecular complexity index is 622. The van der Waals surface area contributed by atoms with Gasteiger partial charge in [-0.05, 0) is 63.3 Å². The molecule has 34 heavy (non-hydrogen) atoms. The van der Waals surface area contributed by atoms with Gasteiger partial charge in [-0.3, -0.25) is 0 Å². The first-order valence-corrected chi connectivity index (χ1v) is 13.7. The fraction of sp³-hybridized carbons (Fsp3) is 0.667. The zero-order valence-corrected chi connectivity index (χ0v) is 23.4. The quantitative estimate of drug-likeness (QED) is 0.419. The van der Waals surface area contributed by atoms with Crippen LogP contribution < -0.4 is 10.2 Å². The van der Waals surface area contributed by atoms with Crippen molar-refractivity contribution in [3.8, 4) is 0 Å². The molecule has 0 radical (unpaired) electrons. The molecule has 0 amide bonds. The topological polar surface area (TPSA) is 33.7 Å². The fourth-order valence-corrected chi connectivity index (χ4v) is 3.66. The van der Waals surface area contributed by atoms with Crippen LogP contribution in [0.5, 0.6) is 0 Å². The van der Waals surface area contributed by atoms with Crippen LogP contribution in [-0.4, -0.2) is 52.1 Å². The van der Waals surface area contributed by atoms with E-state index in [1.807, 2.05) is 13.8 Å². The van der Waals surface area contributed by atoms with E-state index < -0.39 is 0 Å². The predicted molar refractivity (Wildman–Crippen MR) is 151 cm³/mol. The molecular weight excluding hydrogens is 420 g/mol. The van der Waals surface area contributed by atoms with E-state index in [1.165, 1.54) is 42.5 Å². The first-order valence-electron chi connectivity index (χ1n) is 13.7. The van der Waals surface area contributed by atoms with E-state index in [0.29, 0.717) is 0 Å². The Kier molecular flexibility index (Phi) is 22.0. The number of ether oxygens (including phenoxy) is 2. The Hall–Kier alpha value is -1.62. The minimum atomic E-state index is 0.726. The lowest BCUT2D eigenvalue weighted by molar-refractivity contribution is 0.0785. The Morgan fingerprint density at radius 3 is 2.12 bits per heavy atom. The van der Waals surface area contributed by atoms with Crippen LogP contribution in [-0.2, 0) is 9.47 Å². The number of rotatable bonds is 7. The molecule has 1 N–H and O–H groups in total. The number of morpholine rings is 1. The Balaban J connectivity index is 0.000000473. The Labute approximate surface area is 211 Å². The van der Waals surface area contributed by atoms with Gasteiger partial charge in [0.2, 0.25) is 0 Å². The number of hydrogen-bond acceptors (Lipinski definition) is 4. The fourth-order valence-electron chi connectivity index (χ4n) is 3.66. The molecule has 0 aliphatic carbocycles. The van der Waals surface area contributed by atoms with Crippen molar-refractivity contribution in [2.24, 2.45) is 0 Å². The van der Waals surface area contributed by atoms with Gasteiger partial charge in [0.25, 0.3) is 0 Å². The summed E-state index contributed by atoms with van der Waals surface area (Å²) in [4.78, 5) is 2.37. The van der Waals surface area contributed by atoms with Gasteiger partial charge < -0.3 is 19.7 Å². The van der Waals surface area contributed by atoms with Gasteiger partial charge in [0.05, 0.1) is 13.2 Å². The third-order valence-corrected chi connectivity index (χ3v) is 5.70. The van der Waals surface area contributed by atoms with Crippen LogP contribution >= 0.6 is 0 Å². The number of nitrogens with one attached hydrogen (secondary N) is 1. The second-order valence-electron chi connectivity index (χ2n) is 8.25. The summed E-state index contributed by atoms with van der Waals surface area (Å²) in [6.45, 7) is 21.6. The molecule has 196 valence electrons. The lowest BCUT2D eigenvalue weighted by Crippen LogP contribution is -2.36. The van der Waals surface area contributed by atoms with Crippen molar-refractivity contribution in [2.75, 3.05) is 51.0 Å². The molecule has 1 aromatic carbocycles. The molecule has 0 saturated carbocycles. The van der Waals surface area contributed by atoms with Crippen LogP contribution in [0.2, 0.25) is 0 Å². The zero-order chi connectivity index (χ0) is 25.4. The van der Waals surface area contributed by atoms with Gasteiger partial charge >= 0.3 is 0 Å². The third kappa shape index (κ3) is 16.1. The number of hydrogen-bond donors (Lipinski definition) is 1. The van der Waals surface area contributed by atoms with Gasteiger partial charge in [-0.15, -0.1) is 0 Å². The monoisotopic (exact) mass is 474 g/mol. The molecular formula is C30H54N2O2. The molecule has 0 atom stereocenters. The molecule has 1 aromatic rings. The van der Waals surface area contributed by atoms with Crippen LogP contribution in [0.15, 0.2) is 48.1 Å². The summed E-state index contributed by atoms with van der Waals surface area (Å²) in [6.07, 6.45) is 12.4. The number of anilines is 1. The maximum absolute atomic E-state index is 5.31. The second kappa shape index (κ2) is 23.1. The maximum Gasteiger partial charge on any atom is 0.0642 e. The smallest absolute Gasteiger partial charge is 0.0642 e. The molecule has 0 aromatic heterocycles. The Morgan fingerprint density at radius 1 is 0.971 bits per heavy atom. The summed E-state index contributed by atoms with van der Waals surface area (Å²) in [7, 11) is 0. The first-order chi connectivity index (χ1) is 16.6. The lowest BCUT2D eigenvalue weighted by Gasteiger charge is -2.29. The molecule has 2 aliphatic rings. The SMILES string of the molecule is CC.CC/C=C\C=C(CC)CC.CCNC1CCOCC1.Cc1cccc(N2CCOCC2)c1. The van der Waals surface area contributed by atoms with Gasteiger partial charge in [0, 0.05) is 38.0 Å². The van der Waals surface area contributed by atoms with E-state index >= 15 is 0 Å². The van der Waals surface area contributed by atoms with E-state index in [9.17, 15) is 0 Å². The van der Waals surface area contributed by atoms with Gasteiger partial charge in [-0.25, -0.2) is 0 Å². The average molecular weight is 475 g/mol. The second-order valence-corrected chi connectivity index (χ2v) is 8.25. The molecule has 0 unspecified atom stereocenters. The van der Waals surface area contributed by atoms with Crippen molar-refractivity contribution in [3.05, 3.63) is 53.6 Å². The molecule has 2 aliphatic heterocycles. The predicted octanol–water partition coefficient (Wildman–Crippen LogP) is 7.33. The summed E-state index contributed by atoms with van der Waals surface area (Å²) < 4.78 is 10.5. The highest BCUT2D eigenvalue weighted by atomic mass is 16.5. The van der Waals surface area contributed by atoms with Crippen molar-refractivity contribution >= 4 is 5.69 Å². The Morgan fingerprint density at radius 2 is 1.59 bits per heavy atom. The molecule has 0 spiro atoms. The third-order valence-electron chi connectivity index (χ3n) is 5.70. The largest absolute Gasteiger partial charge is 0.381 e. The standard InChI is InChI=1S/C11H15NO.C10H18.C7H15NO.C2H6/c1-10-3-2-4-11(9-10)12-5-7-13-8-6-12;1-4-7-8-9-10(5-2)6-3;1-2-8-7-3-5-9-6-4-7;1-2/h2-4,9H,5-8H2,1H3;7-9H,4-6H2,1-3H3;7-8H,2-6H2,1H3;1-2H3/b;8-7-;;. The summed E-state index contributed by atoms with van der Waals surface area (Å²) in [6, 6.07) is 9.36. The number of nitrogens with zero attached hydrogens (tertiary/aromatic N) is 1. The summed E-state index contributed by atoms with van der Waals surface area (Å²) in [5, 5.41) is 3.40. The van der Waals surface area contributed by atoms with Crippen molar-refractivity contribution in [1.82, 2.24) is 5.32 Å². The minimum absolute atomic E-state index is 0.726. The van der Waals surface area contributed by atoms with E-state index in [0.717, 1.165) is 58.5 Å². The molecule has 3 rings (SSSR count). The molecule has 0 bridgehead atoms. The number of benzene rings is 1. The normalized spacial score (nSPS) is 15.8. The summed E-state index contributed by atoms with van der Waals surface area (Å²) >= 11 is 0. The van der Waals surface area contributed by atoms with E-state index in [-0.39, 0.29) is 0 Å². The van der Waals surface area contributed by atoms with E-state index in [2.05, 4.69) is 87.3 Å². The summed E-state index contributed by atoms with van der Waals surface area (Å²) in [5.74, 6) is 0. The first kappa shape index (κ1) is 32.4. The highest BCUT2D eigenvalue weighted by molar-refractivity contribution is 5.48. The highest BCUT2D eigenvalue weighted by Gasteiger charge is 2.11. The molecule has 4 nitrogen and oxygen atoms in total. The van der Waals surface area contributed by atoms with Gasteiger partial charge in [-0.2, -0.15) is 0 Å². The average Bonchev–Trinajstić information content (AvgIpc) is 2.90. The highest BCUT2D eigenvalue weighted by Crippen LogP contribution is 2.16. The molecule has 2 heterocycles. The van der Waals surface area contributed by atoms with Crippen LogP contribution in [0.1, 0.15) is 79.2 Å². The van der Waals surface area contributed by atoms with Crippen LogP contribution in [0.4, 0.5) is 5.69 Å². The number of allylic oxidation sites excluding steroid dienone is 4. The minimum Gasteiger partial charge on any atom is -0.381 e. The van der Waals surface area contributed by atoms with E-state index in [4.69, 9.17) is 9.47 Å². The van der Waals surface area contributed by atoms with Gasteiger partial charge in [-0.1, -0.05) is 77.5 Å². The van der Waals surface area contributed by atoms with Gasteiger partial charge in [0.1, 0.15) is 0 Å². The molecule has 2 fully saturated rings. The molecule has 4 heteroatoms. The number of aryl methyl sites for hydroxylation is 1. The van der Waals surface area contributed by atoms with Crippen LogP contribution in [0.3, 0.4) is 0 Å². The van der Waals surface area contributed by atoms with Crippen LogP contribution in [0.25, 0.3) is 0 Å². The van der Waals surface area contributed by atoms with Crippen molar-refractivity contribution in [2.45, 2.75) is 86.6 Å². The van der Waals surface area contributed by atoms with Crippen LogP contribution in [0, 0.1) is 6.92 Å². The summed E-state index contributed by atoms with van der Waals surface area (Å²) in [5.41, 5.74) is 4.18. The van der Waals surface area contributed by atoms with Crippen molar-refractivity contribution < 1.29 is 9.47 Å². The van der Waals surface area contributed by atoms with Crippen molar-refractivity contribution in [3.63, 3.8) is 0 Å². The lowest BCUT2D eigenvalue weighted by atomic mass is 10.1. The zero-order valence-electron chi connectivity index (χ0n) is 23.4. The van der Waals surface area contributed by atoms with E-state index in [1.54, 1.807) is 0 Å². The maximum atomic E-state index is 5.31.